The number of carbonyl (C=O) groups excluding carboxylic acids is 1. The summed E-state index contributed by atoms with van der Waals surface area (Å²) >= 11 is 5.87. The molecular formula is C21H16ClNO4. The molecule has 0 atom stereocenters. The van der Waals surface area contributed by atoms with E-state index in [4.69, 9.17) is 16.3 Å². The lowest BCUT2D eigenvalue weighted by Gasteiger charge is -2.15. The zero-order chi connectivity index (χ0) is 19.2. The van der Waals surface area contributed by atoms with Crippen molar-refractivity contribution in [2.24, 2.45) is 0 Å². The molecule has 0 heterocycles. The molecule has 0 fully saturated rings. The van der Waals surface area contributed by atoms with Crippen molar-refractivity contribution in [1.29, 1.82) is 0 Å². The van der Waals surface area contributed by atoms with Gasteiger partial charge < -0.3 is 15.2 Å². The standard InChI is InChI=1S/C21H16ClNO4/c22-16-11-9-14(10-12-16)13-27-18-8-4-7-17(21(25)26)19(18)23-20(24)15-5-2-1-3-6-15/h1-12H,13H2,(H,23,24)(H,25,26). The largest absolute Gasteiger partial charge is 0.487 e. The summed E-state index contributed by atoms with van der Waals surface area (Å²) in [7, 11) is 0. The Morgan fingerprint density at radius 1 is 0.926 bits per heavy atom. The number of nitrogens with one attached hydrogen (secondary N) is 1. The maximum absolute atomic E-state index is 12.5. The predicted octanol–water partition coefficient (Wildman–Crippen LogP) is 4.87. The highest BCUT2D eigenvalue weighted by Crippen LogP contribution is 2.30. The normalized spacial score (nSPS) is 10.3. The van der Waals surface area contributed by atoms with E-state index in [0.29, 0.717) is 10.6 Å². The molecule has 0 aromatic heterocycles. The van der Waals surface area contributed by atoms with E-state index in [-0.39, 0.29) is 23.6 Å². The van der Waals surface area contributed by atoms with Gasteiger partial charge in [0, 0.05) is 10.6 Å². The number of benzene rings is 3. The van der Waals surface area contributed by atoms with Crippen LogP contribution in [0.25, 0.3) is 0 Å². The minimum atomic E-state index is -1.16. The van der Waals surface area contributed by atoms with Crippen LogP contribution >= 0.6 is 11.6 Å². The van der Waals surface area contributed by atoms with Crippen LogP contribution in [0.4, 0.5) is 5.69 Å². The lowest BCUT2D eigenvalue weighted by molar-refractivity contribution is 0.0697. The highest BCUT2D eigenvalue weighted by Gasteiger charge is 2.18. The lowest BCUT2D eigenvalue weighted by atomic mass is 10.1. The quantitative estimate of drug-likeness (QED) is 0.638. The topological polar surface area (TPSA) is 75.6 Å². The van der Waals surface area contributed by atoms with Crippen LogP contribution in [0, 0.1) is 0 Å². The molecule has 0 radical (unpaired) electrons. The first-order chi connectivity index (χ1) is 13.0. The third kappa shape index (κ3) is 4.65. The molecule has 27 heavy (non-hydrogen) atoms. The van der Waals surface area contributed by atoms with Crippen LogP contribution in [0.2, 0.25) is 5.02 Å². The summed E-state index contributed by atoms with van der Waals surface area (Å²) in [6.45, 7) is 0.203. The minimum Gasteiger partial charge on any atom is -0.487 e. The lowest BCUT2D eigenvalue weighted by Crippen LogP contribution is -2.16. The van der Waals surface area contributed by atoms with Crippen LogP contribution in [-0.4, -0.2) is 17.0 Å². The van der Waals surface area contributed by atoms with Gasteiger partial charge in [0.2, 0.25) is 0 Å². The summed E-state index contributed by atoms with van der Waals surface area (Å²) < 4.78 is 5.77. The highest BCUT2D eigenvalue weighted by molar-refractivity contribution is 6.30. The number of hydrogen-bond acceptors (Lipinski definition) is 3. The number of anilines is 1. The average Bonchev–Trinajstić information content (AvgIpc) is 2.68. The number of carbonyl (C=O) groups is 2. The van der Waals surface area contributed by atoms with Crippen LogP contribution in [0.3, 0.4) is 0 Å². The number of para-hydroxylation sites is 1. The molecule has 3 aromatic rings. The van der Waals surface area contributed by atoms with E-state index in [1.54, 1.807) is 54.6 Å². The van der Waals surface area contributed by atoms with Crippen molar-refractivity contribution in [3.05, 3.63) is 94.5 Å². The molecule has 2 N–H and O–H groups in total. The fraction of sp³-hybridized carbons (Fsp3) is 0.0476. The predicted molar refractivity (Wildman–Crippen MR) is 104 cm³/mol. The zero-order valence-electron chi connectivity index (χ0n) is 14.2. The first kappa shape index (κ1) is 18.5. The van der Waals surface area contributed by atoms with Gasteiger partial charge in [-0.05, 0) is 42.0 Å². The molecule has 0 aliphatic carbocycles. The van der Waals surface area contributed by atoms with Crippen LogP contribution in [0.5, 0.6) is 5.75 Å². The molecule has 0 aliphatic heterocycles. The summed E-state index contributed by atoms with van der Waals surface area (Å²) in [4.78, 5) is 24.1. The van der Waals surface area contributed by atoms with Gasteiger partial charge in [-0.1, -0.05) is 48.0 Å². The Morgan fingerprint density at radius 3 is 2.30 bits per heavy atom. The number of ether oxygens (including phenoxy) is 1. The van der Waals surface area contributed by atoms with Crippen LogP contribution < -0.4 is 10.1 Å². The maximum Gasteiger partial charge on any atom is 0.337 e. The number of rotatable bonds is 6. The third-order valence-electron chi connectivity index (χ3n) is 3.84. The Morgan fingerprint density at radius 2 is 1.63 bits per heavy atom. The SMILES string of the molecule is O=C(Nc1c(OCc2ccc(Cl)cc2)cccc1C(=O)O)c1ccccc1. The molecule has 0 bridgehead atoms. The van der Waals surface area contributed by atoms with Crippen molar-refractivity contribution in [1.82, 2.24) is 0 Å². The molecular weight excluding hydrogens is 366 g/mol. The van der Waals surface area contributed by atoms with Gasteiger partial charge in [-0.15, -0.1) is 0 Å². The van der Waals surface area contributed by atoms with Gasteiger partial charge in [0.25, 0.3) is 5.91 Å². The number of halogens is 1. The Kier molecular flexibility index (Phi) is 5.74. The molecule has 6 heteroatoms. The van der Waals surface area contributed by atoms with E-state index in [1.165, 1.54) is 6.07 Å². The molecule has 0 aliphatic rings. The van der Waals surface area contributed by atoms with E-state index in [2.05, 4.69) is 5.32 Å². The maximum atomic E-state index is 12.5. The Labute approximate surface area is 161 Å². The fourth-order valence-corrected chi connectivity index (χ4v) is 2.60. The van der Waals surface area contributed by atoms with Crippen LogP contribution in [0.15, 0.2) is 72.8 Å². The highest BCUT2D eigenvalue weighted by atomic mass is 35.5. The number of carboxylic acid groups (broad SMARTS) is 1. The molecule has 0 spiro atoms. The molecule has 3 rings (SSSR count). The van der Waals surface area contributed by atoms with Gasteiger partial charge in [-0.3, -0.25) is 4.79 Å². The molecule has 1 amide bonds. The zero-order valence-corrected chi connectivity index (χ0v) is 14.9. The van der Waals surface area contributed by atoms with Crippen LogP contribution in [-0.2, 0) is 6.61 Å². The molecule has 136 valence electrons. The molecule has 0 unspecified atom stereocenters. The van der Waals surface area contributed by atoms with Gasteiger partial charge in [0.1, 0.15) is 12.4 Å². The van der Waals surface area contributed by atoms with Crippen molar-refractivity contribution in [2.45, 2.75) is 6.61 Å². The van der Waals surface area contributed by atoms with Crippen molar-refractivity contribution >= 4 is 29.2 Å². The van der Waals surface area contributed by atoms with E-state index in [0.717, 1.165) is 5.56 Å². The second-order valence-electron chi connectivity index (χ2n) is 5.72. The smallest absolute Gasteiger partial charge is 0.337 e. The van der Waals surface area contributed by atoms with Crippen molar-refractivity contribution in [2.75, 3.05) is 5.32 Å². The Bertz CT molecular complexity index is 956. The first-order valence-electron chi connectivity index (χ1n) is 8.14. The first-order valence-corrected chi connectivity index (χ1v) is 8.52. The third-order valence-corrected chi connectivity index (χ3v) is 4.09. The number of aromatic carboxylic acids is 1. The molecule has 3 aromatic carbocycles. The minimum absolute atomic E-state index is 0.0483. The van der Waals surface area contributed by atoms with Crippen molar-refractivity contribution in [3.63, 3.8) is 0 Å². The van der Waals surface area contributed by atoms with E-state index >= 15 is 0 Å². The summed E-state index contributed by atoms with van der Waals surface area (Å²) in [5, 5.41) is 12.7. The summed E-state index contributed by atoms with van der Waals surface area (Å²) in [5.74, 6) is -1.30. The van der Waals surface area contributed by atoms with E-state index in [9.17, 15) is 14.7 Å². The van der Waals surface area contributed by atoms with E-state index in [1.807, 2.05) is 12.1 Å². The second kappa shape index (κ2) is 8.38. The number of hydrogen-bond donors (Lipinski definition) is 2. The second-order valence-corrected chi connectivity index (χ2v) is 6.16. The van der Waals surface area contributed by atoms with Gasteiger partial charge in [0.05, 0.1) is 11.3 Å². The van der Waals surface area contributed by atoms with Crippen LogP contribution in [0.1, 0.15) is 26.3 Å². The van der Waals surface area contributed by atoms with E-state index < -0.39 is 11.9 Å². The number of amides is 1. The van der Waals surface area contributed by atoms with Gasteiger partial charge >= 0.3 is 5.97 Å². The molecule has 0 saturated carbocycles. The number of carboxylic acids is 1. The Hall–Kier alpha value is -3.31. The summed E-state index contributed by atoms with van der Waals surface area (Å²) in [6, 6.07) is 20.3. The van der Waals surface area contributed by atoms with Crippen molar-refractivity contribution in [3.8, 4) is 5.75 Å². The average molecular weight is 382 g/mol. The monoisotopic (exact) mass is 381 g/mol. The Balaban J connectivity index is 1.87. The fourth-order valence-electron chi connectivity index (χ4n) is 2.48. The van der Waals surface area contributed by atoms with Crippen molar-refractivity contribution < 1.29 is 19.4 Å². The summed E-state index contributed by atoms with van der Waals surface area (Å²) in [6.07, 6.45) is 0. The van der Waals surface area contributed by atoms with Gasteiger partial charge in [-0.25, -0.2) is 4.79 Å². The van der Waals surface area contributed by atoms with Gasteiger partial charge in [-0.2, -0.15) is 0 Å². The molecule has 0 saturated heterocycles. The molecule has 5 nitrogen and oxygen atoms in total. The summed E-state index contributed by atoms with van der Waals surface area (Å²) in [5.41, 5.74) is 1.35. The van der Waals surface area contributed by atoms with Gasteiger partial charge in [0.15, 0.2) is 0 Å².